The van der Waals surface area contributed by atoms with Gasteiger partial charge in [0.15, 0.2) is 4.96 Å². The van der Waals surface area contributed by atoms with E-state index < -0.39 is 0 Å². The van der Waals surface area contributed by atoms with E-state index in [9.17, 15) is 4.79 Å². The monoisotopic (exact) mass is 346 g/mol. The zero-order valence-corrected chi connectivity index (χ0v) is 14.4. The molecule has 23 heavy (non-hydrogen) atoms. The van der Waals surface area contributed by atoms with Crippen LogP contribution < -0.4 is 5.32 Å². The Kier molecular flexibility index (Phi) is 4.13. The molecule has 3 aromatic rings. The largest absolute Gasteiger partial charge is 0.355 e. The van der Waals surface area contributed by atoms with Crippen molar-refractivity contribution in [2.24, 2.45) is 0 Å². The van der Waals surface area contributed by atoms with E-state index in [0.29, 0.717) is 13.0 Å². The van der Waals surface area contributed by atoms with E-state index in [-0.39, 0.29) is 5.91 Å². The van der Waals surface area contributed by atoms with Crippen molar-refractivity contribution in [1.82, 2.24) is 19.7 Å². The maximum Gasteiger partial charge on any atom is 0.226 e. The number of thiazole rings is 2. The third-order valence-corrected chi connectivity index (χ3v) is 6.02. The standard InChI is InChI=1S/C16H18N4OS2/c21-14(9-11-10-20-7-8-22-16(20)18-11)17-6-5-15-19-12-3-1-2-4-13(12)23-15/h7-8,10H,1-6,9H2,(H,17,21). The van der Waals surface area contributed by atoms with Crippen molar-refractivity contribution in [3.63, 3.8) is 0 Å². The van der Waals surface area contributed by atoms with Crippen molar-refractivity contribution in [3.05, 3.63) is 39.0 Å². The summed E-state index contributed by atoms with van der Waals surface area (Å²) in [5.74, 6) is 0.0251. The normalized spacial score (nSPS) is 14.1. The minimum Gasteiger partial charge on any atom is -0.355 e. The van der Waals surface area contributed by atoms with E-state index in [2.05, 4.69) is 10.3 Å². The van der Waals surface area contributed by atoms with Crippen molar-refractivity contribution in [1.29, 1.82) is 0 Å². The SMILES string of the molecule is O=C(Cc1cn2ccsc2n1)NCCc1nc2c(s1)CCCC2. The van der Waals surface area contributed by atoms with Crippen molar-refractivity contribution in [2.75, 3.05) is 6.54 Å². The van der Waals surface area contributed by atoms with E-state index in [0.717, 1.165) is 28.5 Å². The molecule has 0 radical (unpaired) electrons. The molecule has 0 bridgehead atoms. The number of aromatic nitrogens is 3. The topological polar surface area (TPSA) is 59.3 Å². The van der Waals surface area contributed by atoms with Gasteiger partial charge < -0.3 is 5.32 Å². The minimum atomic E-state index is 0.0251. The fraction of sp³-hybridized carbons (Fsp3) is 0.438. The van der Waals surface area contributed by atoms with Gasteiger partial charge in [-0.1, -0.05) is 0 Å². The molecule has 1 aliphatic carbocycles. The van der Waals surface area contributed by atoms with Gasteiger partial charge in [0.25, 0.3) is 0 Å². The van der Waals surface area contributed by atoms with Crippen LogP contribution in [0.1, 0.15) is 34.1 Å². The van der Waals surface area contributed by atoms with E-state index in [1.807, 2.05) is 33.5 Å². The number of rotatable bonds is 5. The van der Waals surface area contributed by atoms with Crippen molar-refractivity contribution in [3.8, 4) is 0 Å². The number of imidazole rings is 1. The maximum atomic E-state index is 12.0. The van der Waals surface area contributed by atoms with Crippen LogP contribution in [0.5, 0.6) is 0 Å². The molecule has 0 saturated carbocycles. The number of aryl methyl sites for hydroxylation is 2. The lowest BCUT2D eigenvalue weighted by Gasteiger charge is -2.06. The Labute approximate surface area is 142 Å². The summed E-state index contributed by atoms with van der Waals surface area (Å²) in [6.45, 7) is 0.646. The van der Waals surface area contributed by atoms with Gasteiger partial charge in [0.1, 0.15) is 0 Å². The lowest BCUT2D eigenvalue weighted by atomic mass is 10.0. The second-order valence-corrected chi connectivity index (χ2v) is 7.83. The first-order valence-electron chi connectivity index (χ1n) is 7.93. The Morgan fingerprint density at radius 3 is 3.09 bits per heavy atom. The van der Waals surface area contributed by atoms with Crippen molar-refractivity contribution >= 4 is 33.5 Å². The Bertz CT molecular complexity index is 780. The quantitative estimate of drug-likeness (QED) is 0.773. The predicted octanol–water partition coefficient (Wildman–Crippen LogP) is 2.63. The molecule has 1 amide bonds. The molecule has 0 aliphatic heterocycles. The number of nitrogens with one attached hydrogen (secondary N) is 1. The first-order valence-corrected chi connectivity index (χ1v) is 9.63. The first kappa shape index (κ1) is 14.8. The van der Waals surface area contributed by atoms with Gasteiger partial charge in [-0.2, -0.15) is 0 Å². The van der Waals surface area contributed by atoms with Gasteiger partial charge in [0.2, 0.25) is 5.91 Å². The highest BCUT2D eigenvalue weighted by molar-refractivity contribution is 7.15. The molecule has 3 heterocycles. The molecule has 1 N–H and O–H groups in total. The third kappa shape index (κ3) is 3.30. The van der Waals surface area contributed by atoms with Gasteiger partial charge in [0, 0.05) is 35.6 Å². The fourth-order valence-corrected chi connectivity index (χ4v) is 4.78. The van der Waals surface area contributed by atoms with Gasteiger partial charge in [-0.15, -0.1) is 22.7 Å². The molecule has 120 valence electrons. The number of hydrogen-bond donors (Lipinski definition) is 1. The summed E-state index contributed by atoms with van der Waals surface area (Å²) in [5, 5.41) is 6.12. The molecule has 1 aliphatic rings. The molecule has 5 nitrogen and oxygen atoms in total. The molecule has 7 heteroatoms. The highest BCUT2D eigenvalue weighted by Crippen LogP contribution is 2.26. The molecule has 0 spiro atoms. The van der Waals surface area contributed by atoms with Crippen LogP contribution in [-0.2, 0) is 30.5 Å². The highest BCUT2D eigenvalue weighted by Gasteiger charge is 2.15. The van der Waals surface area contributed by atoms with Gasteiger partial charge in [0.05, 0.1) is 22.8 Å². The van der Waals surface area contributed by atoms with E-state index in [1.54, 1.807) is 11.3 Å². The zero-order chi connectivity index (χ0) is 15.6. The number of carbonyl (C=O) groups excluding carboxylic acids is 1. The second kappa shape index (κ2) is 6.41. The molecule has 0 atom stereocenters. The van der Waals surface area contributed by atoms with Crippen LogP contribution in [-0.4, -0.2) is 26.8 Å². The van der Waals surface area contributed by atoms with Gasteiger partial charge in [-0.3, -0.25) is 9.20 Å². The smallest absolute Gasteiger partial charge is 0.226 e. The summed E-state index contributed by atoms with van der Waals surface area (Å²) in [7, 11) is 0. The van der Waals surface area contributed by atoms with Gasteiger partial charge in [-0.25, -0.2) is 9.97 Å². The zero-order valence-electron chi connectivity index (χ0n) is 12.7. The lowest BCUT2D eigenvalue weighted by molar-refractivity contribution is -0.120. The fourth-order valence-electron chi connectivity index (χ4n) is 2.91. The van der Waals surface area contributed by atoms with Crippen LogP contribution in [0.2, 0.25) is 0 Å². The Balaban J connectivity index is 1.28. The molecule has 0 unspecified atom stereocenters. The maximum absolute atomic E-state index is 12.0. The van der Waals surface area contributed by atoms with Crippen LogP contribution in [0.3, 0.4) is 0 Å². The Morgan fingerprint density at radius 1 is 1.30 bits per heavy atom. The summed E-state index contributed by atoms with van der Waals surface area (Å²) in [6.07, 6.45) is 9.87. The molecule has 4 rings (SSSR count). The summed E-state index contributed by atoms with van der Waals surface area (Å²) >= 11 is 3.39. The van der Waals surface area contributed by atoms with Crippen LogP contribution in [0, 0.1) is 0 Å². The summed E-state index contributed by atoms with van der Waals surface area (Å²) in [4.78, 5) is 23.5. The number of carbonyl (C=O) groups is 1. The molecule has 0 aromatic carbocycles. The lowest BCUT2D eigenvalue weighted by Crippen LogP contribution is -2.27. The first-order chi connectivity index (χ1) is 11.3. The molecule has 0 saturated heterocycles. The third-order valence-electron chi connectivity index (χ3n) is 4.04. The number of fused-ring (bicyclic) bond motifs is 2. The van der Waals surface area contributed by atoms with Gasteiger partial charge >= 0.3 is 0 Å². The Morgan fingerprint density at radius 2 is 2.22 bits per heavy atom. The summed E-state index contributed by atoms with van der Waals surface area (Å²) in [6, 6.07) is 0. The average Bonchev–Trinajstić information content (AvgIpc) is 3.20. The second-order valence-electron chi connectivity index (χ2n) is 5.79. The van der Waals surface area contributed by atoms with Crippen LogP contribution >= 0.6 is 22.7 Å². The number of amides is 1. The number of hydrogen-bond acceptors (Lipinski definition) is 5. The molecular weight excluding hydrogens is 328 g/mol. The molecule has 0 fully saturated rings. The van der Waals surface area contributed by atoms with Crippen molar-refractivity contribution < 1.29 is 4.79 Å². The minimum absolute atomic E-state index is 0.0251. The van der Waals surface area contributed by atoms with E-state index >= 15 is 0 Å². The summed E-state index contributed by atoms with van der Waals surface area (Å²) in [5.41, 5.74) is 2.11. The predicted molar refractivity (Wildman–Crippen MR) is 92.2 cm³/mol. The van der Waals surface area contributed by atoms with Crippen LogP contribution in [0.25, 0.3) is 4.96 Å². The van der Waals surface area contributed by atoms with Crippen molar-refractivity contribution in [2.45, 2.75) is 38.5 Å². The molecular formula is C16H18N4OS2. The average molecular weight is 346 g/mol. The number of nitrogens with zero attached hydrogens (tertiary/aromatic N) is 3. The Hall–Kier alpha value is -1.73. The highest BCUT2D eigenvalue weighted by atomic mass is 32.1. The van der Waals surface area contributed by atoms with E-state index in [1.165, 1.54) is 29.8 Å². The van der Waals surface area contributed by atoms with E-state index in [4.69, 9.17) is 4.98 Å². The van der Waals surface area contributed by atoms with Gasteiger partial charge in [-0.05, 0) is 25.7 Å². The summed E-state index contributed by atoms with van der Waals surface area (Å²) < 4.78 is 1.95. The van der Waals surface area contributed by atoms with Crippen LogP contribution in [0.4, 0.5) is 0 Å². The van der Waals surface area contributed by atoms with Crippen LogP contribution in [0.15, 0.2) is 17.8 Å². The molecule has 3 aromatic heterocycles.